The van der Waals surface area contributed by atoms with Crippen LogP contribution in [-0.4, -0.2) is 14.7 Å². The molecule has 0 saturated heterocycles. The number of aryl methyl sites for hydroxylation is 1. The van der Waals surface area contributed by atoms with Crippen molar-refractivity contribution in [2.75, 3.05) is 0 Å². The number of aromatic hydroxyl groups is 1. The average Bonchev–Trinajstić information content (AvgIpc) is 3.43. The lowest BCUT2D eigenvalue weighted by Gasteiger charge is -2.11. The number of thiophene rings is 1. The first-order valence-electron chi connectivity index (χ1n) is 10.4. The van der Waals surface area contributed by atoms with E-state index in [4.69, 9.17) is 9.40 Å². The van der Waals surface area contributed by atoms with E-state index in [2.05, 4.69) is 6.92 Å². The summed E-state index contributed by atoms with van der Waals surface area (Å²) in [7, 11) is 0. The molecule has 0 aliphatic carbocycles. The fourth-order valence-corrected chi connectivity index (χ4v) is 4.99. The highest BCUT2D eigenvalue weighted by Gasteiger charge is 2.20. The van der Waals surface area contributed by atoms with Crippen LogP contribution in [0.2, 0.25) is 0 Å². The van der Waals surface area contributed by atoms with Crippen molar-refractivity contribution >= 4 is 31.6 Å². The van der Waals surface area contributed by atoms with E-state index in [0.717, 1.165) is 35.8 Å². The van der Waals surface area contributed by atoms with Gasteiger partial charge >= 0.3 is 0 Å². The van der Waals surface area contributed by atoms with E-state index in [1.807, 2.05) is 48.5 Å². The zero-order chi connectivity index (χ0) is 21.4. The fraction of sp³-hybridized carbons (Fsp3) is 0.200. The van der Waals surface area contributed by atoms with Crippen LogP contribution in [0, 0.1) is 0 Å². The number of furan rings is 1. The smallest absolute Gasteiger partial charge is 0.263 e. The Kier molecular flexibility index (Phi) is 5.08. The molecule has 3 heterocycles. The minimum atomic E-state index is -0.126. The van der Waals surface area contributed by atoms with Crippen molar-refractivity contribution in [2.45, 2.75) is 32.7 Å². The van der Waals surface area contributed by atoms with Gasteiger partial charge in [0, 0.05) is 5.39 Å². The molecule has 0 bridgehead atoms. The second-order valence-electron chi connectivity index (χ2n) is 7.67. The van der Waals surface area contributed by atoms with Gasteiger partial charge in [-0.3, -0.25) is 9.36 Å². The van der Waals surface area contributed by atoms with Crippen LogP contribution < -0.4 is 5.56 Å². The molecule has 31 heavy (non-hydrogen) atoms. The number of phenols is 1. The molecule has 5 rings (SSSR count). The van der Waals surface area contributed by atoms with Gasteiger partial charge < -0.3 is 9.52 Å². The molecule has 156 valence electrons. The Bertz CT molecular complexity index is 1420. The maximum Gasteiger partial charge on any atom is 0.263 e. The average molecular weight is 431 g/mol. The van der Waals surface area contributed by atoms with Crippen LogP contribution in [0.15, 0.2) is 70.1 Å². The van der Waals surface area contributed by atoms with Gasteiger partial charge in [0.1, 0.15) is 10.6 Å². The predicted octanol–water partition coefficient (Wildman–Crippen LogP) is 5.97. The molecule has 0 spiro atoms. The molecule has 0 unspecified atom stereocenters. The van der Waals surface area contributed by atoms with E-state index < -0.39 is 0 Å². The molecule has 0 amide bonds. The Morgan fingerprint density at radius 1 is 1.10 bits per heavy atom. The molecule has 0 aliphatic heterocycles. The van der Waals surface area contributed by atoms with Crippen LogP contribution in [0.25, 0.3) is 31.9 Å². The first-order valence-corrected chi connectivity index (χ1v) is 11.2. The first-order chi connectivity index (χ1) is 15.2. The first kappa shape index (κ1) is 19.6. The summed E-state index contributed by atoms with van der Waals surface area (Å²) in [4.78, 5) is 19.2. The highest BCUT2D eigenvalue weighted by atomic mass is 32.1. The predicted molar refractivity (Wildman–Crippen MR) is 125 cm³/mol. The molecule has 2 aromatic carbocycles. The zero-order valence-electron chi connectivity index (χ0n) is 17.2. The molecule has 1 N–H and O–H groups in total. The number of phenolic OH excluding ortho intramolecular Hbond substituents is 1. The van der Waals surface area contributed by atoms with Gasteiger partial charge in [0.25, 0.3) is 5.56 Å². The molecule has 6 heteroatoms. The maximum atomic E-state index is 13.8. The largest absolute Gasteiger partial charge is 0.506 e. The fourth-order valence-electron chi connectivity index (χ4n) is 3.93. The van der Waals surface area contributed by atoms with E-state index in [0.29, 0.717) is 33.0 Å². The van der Waals surface area contributed by atoms with Crippen LogP contribution in [0.1, 0.15) is 30.9 Å². The van der Waals surface area contributed by atoms with Crippen molar-refractivity contribution in [1.29, 1.82) is 0 Å². The summed E-state index contributed by atoms with van der Waals surface area (Å²) in [6, 6.07) is 17.3. The summed E-state index contributed by atoms with van der Waals surface area (Å²) in [5.74, 6) is 1.24. The van der Waals surface area contributed by atoms with Gasteiger partial charge in [-0.05, 0) is 48.2 Å². The van der Waals surface area contributed by atoms with Crippen LogP contribution in [-0.2, 0) is 13.0 Å². The lowest BCUT2D eigenvalue weighted by atomic mass is 10.0. The Morgan fingerprint density at radius 3 is 2.68 bits per heavy atom. The van der Waals surface area contributed by atoms with Crippen molar-refractivity contribution in [2.24, 2.45) is 0 Å². The van der Waals surface area contributed by atoms with E-state index in [1.165, 1.54) is 11.3 Å². The number of fused-ring (bicyclic) bond motifs is 3. The van der Waals surface area contributed by atoms with Gasteiger partial charge in [0.2, 0.25) is 0 Å². The third-order valence-electron chi connectivity index (χ3n) is 5.48. The third kappa shape index (κ3) is 3.53. The van der Waals surface area contributed by atoms with E-state index in [1.54, 1.807) is 16.9 Å². The van der Waals surface area contributed by atoms with E-state index in [9.17, 15) is 9.90 Å². The second kappa shape index (κ2) is 8.04. The monoisotopic (exact) mass is 430 g/mol. The summed E-state index contributed by atoms with van der Waals surface area (Å²) in [6.07, 6.45) is 4.55. The van der Waals surface area contributed by atoms with Gasteiger partial charge in [0.05, 0.1) is 22.9 Å². The number of hydrogen-bond donors (Lipinski definition) is 1. The van der Waals surface area contributed by atoms with Crippen molar-refractivity contribution in [3.63, 3.8) is 0 Å². The summed E-state index contributed by atoms with van der Waals surface area (Å²) in [6.45, 7) is 2.53. The zero-order valence-corrected chi connectivity index (χ0v) is 18.0. The quantitative estimate of drug-likeness (QED) is 0.360. The Balaban J connectivity index is 1.79. The highest BCUT2D eigenvalue weighted by Crippen LogP contribution is 2.38. The van der Waals surface area contributed by atoms with Crippen molar-refractivity contribution in [3.05, 3.63) is 82.3 Å². The Morgan fingerprint density at radius 2 is 1.94 bits per heavy atom. The number of nitrogens with zero attached hydrogens (tertiary/aromatic N) is 2. The lowest BCUT2D eigenvalue weighted by Crippen LogP contribution is -2.23. The number of benzene rings is 2. The summed E-state index contributed by atoms with van der Waals surface area (Å²) in [5, 5.41) is 12.0. The molecule has 5 aromatic rings. The van der Waals surface area contributed by atoms with Gasteiger partial charge in [0.15, 0.2) is 11.6 Å². The molecule has 0 saturated carbocycles. The molecule has 0 radical (unpaired) electrons. The van der Waals surface area contributed by atoms with Gasteiger partial charge in [-0.1, -0.05) is 43.7 Å². The third-order valence-corrected chi connectivity index (χ3v) is 6.60. The Labute approximate surface area is 183 Å². The maximum absolute atomic E-state index is 13.8. The molecular formula is C25H22N2O3S. The van der Waals surface area contributed by atoms with Crippen LogP contribution in [0.5, 0.6) is 5.75 Å². The number of unbranched alkanes of at least 4 members (excludes halogenated alkanes) is 1. The van der Waals surface area contributed by atoms with Crippen LogP contribution in [0.4, 0.5) is 0 Å². The lowest BCUT2D eigenvalue weighted by molar-refractivity contribution is 0.481. The van der Waals surface area contributed by atoms with Gasteiger partial charge in [-0.15, -0.1) is 11.3 Å². The number of aromatic nitrogens is 2. The van der Waals surface area contributed by atoms with Gasteiger partial charge in [-0.2, -0.15) is 0 Å². The normalized spacial score (nSPS) is 11.5. The Hall–Kier alpha value is -3.38. The molecular weight excluding hydrogens is 408 g/mol. The van der Waals surface area contributed by atoms with E-state index in [-0.39, 0.29) is 11.3 Å². The van der Waals surface area contributed by atoms with Crippen molar-refractivity contribution < 1.29 is 9.52 Å². The van der Waals surface area contributed by atoms with Crippen LogP contribution in [0.3, 0.4) is 0 Å². The minimum Gasteiger partial charge on any atom is -0.506 e. The molecule has 5 nitrogen and oxygen atoms in total. The summed E-state index contributed by atoms with van der Waals surface area (Å²) in [5.41, 5.74) is 1.92. The molecule has 0 aliphatic rings. The SMILES string of the molecule is CCCCc1cc(O)c2sc3nc(-c4ccco4)n(Cc4ccccc4)c(=O)c3c2c1. The highest BCUT2D eigenvalue weighted by molar-refractivity contribution is 7.25. The molecule has 0 fully saturated rings. The number of rotatable bonds is 6. The van der Waals surface area contributed by atoms with Crippen LogP contribution >= 0.6 is 11.3 Å². The summed E-state index contributed by atoms with van der Waals surface area (Å²) < 4.78 is 7.96. The standard InChI is InChI=1S/C25H22N2O3S/c1-2-3-8-17-13-18-21-24(31-22(18)19(28)14-17)26-23(20-11-7-12-30-20)27(25(21)29)15-16-9-5-4-6-10-16/h4-7,9-14,28H,2-3,8,15H2,1H3. The number of hydrogen-bond acceptors (Lipinski definition) is 5. The minimum absolute atomic E-state index is 0.126. The van der Waals surface area contributed by atoms with Crippen molar-refractivity contribution in [1.82, 2.24) is 9.55 Å². The van der Waals surface area contributed by atoms with E-state index >= 15 is 0 Å². The van der Waals surface area contributed by atoms with Crippen molar-refractivity contribution in [3.8, 4) is 17.3 Å². The molecule has 3 aromatic heterocycles. The van der Waals surface area contributed by atoms with Gasteiger partial charge in [-0.25, -0.2) is 4.98 Å². The topological polar surface area (TPSA) is 68.3 Å². The second-order valence-corrected chi connectivity index (χ2v) is 8.67. The summed E-state index contributed by atoms with van der Waals surface area (Å²) >= 11 is 1.35. The molecule has 0 atom stereocenters.